The maximum atomic E-state index is 13.2. The third kappa shape index (κ3) is 2.15. The average molecular weight is 246 g/mol. The molecule has 3 heteroatoms. The van der Waals surface area contributed by atoms with E-state index >= 15 is 0 Å². The number of aromatic nitrogens is 1. The zero-order valence-electron chi connectivity index (χ0n) is 10.7. The number of rotatable bonds is 3. The SMILES string of the molecule is Cn1cc(CNC2CCCC2)c2ccc(F)cc21. The number of hydrogen-bond donors (Lipinski definition) is 1. The second kappa shape index (κ2) is 4.73. The molecule has 0 bridgehead atoms. The third-order valence-electron chi connectivity index (χ3n) is 3.97. The van der Waals surface area contributed by atoms with Crippen LogP contribution in [0.2, 0.25) is 0 Å². The number of fused-ring (bicyclic) bond motifs is 1. The van der Waals surface area contributed by atoms with Crippen LogP contribution in [0.5, 0.6) is 0 Å². The van der Waals surface area contributed by atoms with Gasteiger partial charge in [0.15, 0.2) is 0 Å². The first-order chi connectivity index (χ1) is 8.74. The Morgan fingerprint density at radius 3 is 2.89 bits per heavy atom. The first-order valence-corrected chi connectivity index (χ1v) is 6.71. The number of halogens is 1. The van der Waals surface area contributed by atoms with Crippen LogP contribution in [0.4, 0.5) is 4.39 Å². The Morgan fingerprint density at radius 1 is 1.33 bits per heavy atom. The van der Waals surface area contributed by atoms with Crippen molar-refractivity contribution in [2.24, 2.45) is 7.05 Å². The smallest absolute Gasteiger partial charge is 0.125 e. The highest BCUT2D eigenvalue weighted by atomic mass is 19.1. The summed E-state index contributed by atoms with van der Waals surface area (Å²) in [5.41, 5.74) is 2.23. The average Bonchev–Trinajstić information content (AvgIpc) is 2.96. The molecule has 1 aliphatic carbocycles. The number of nitrogens with one attached hydrogen (secondary N) is 1. The van der Waals surface area contributed by atoms with Gasteiger partial charge in [-0.15, -0.1) is 0 Å². The molecule has 1 aromatic heterocycles. The highest BCUT2D eigenvalue weighted by molar-refractivity contribution is 5.83. The van der Waals surface area contributed by atoms with E-state index in [1.54, 1.807) is 12.1 Å². The Bertz CT molecular complexity index is 553. The van der Waals surface area contributed by atoms with Crippen molar-refractivity contribution >= 4 is 10.9 Å². The van der Waals surface area contributed by atoms with Gasteiger partial charge < -0.3 is 9.88 Å². The summed E-state index contributed by atoms with van der Waals surface area (Å²) < 4.78 is 15.2. The van der Waals surface area contributed by atoms with E-state index in [2.05, 4.69) is 11.5 Å². The van der Waals surface area contributed by atoms with Crippen LogP contribution in [0.15, 0.2) is 24.4 Å². The Hall–Kier alpha value is -1.35. The lowest BCUT2D eigenvalue weighted by atomic mass is 10.1. The van der Waals surface area contributed by atoms with E-state index in [0.717, 1.165) is 17.4 Å². The molecule has 0 amide bonds. The normalized spacial score (nSPS) is 16.8. The molecule has 0 spiro atoms. The molecule has 2 aromatic rings. The van der Waals surface area contributed by atoms with Crippen LogP contribution in [0, 0.1) is 5.82 Å². The van der Waals surface area contributed by atoms with Crippen molar-refractivity contribution in [3.8, 4) is 0 Å². The minimum Gasteiger partial charge on any atom is -0.350 e. The third-order valence-corrected chi connectivity index (χ3v) is 3.97. The predicted molar refractivity (Wildman–Crippen MR) is 72.0 cm³/mol. The van der Waals surface area contributed by atoms with Crippen molar-refractivity contribution in [3.63, 3.8) is 0 Å². The molecule has 1 heterocycles. The van der Waals surface area contributed by atoms with Gasteiger partial charge >= 0.3 is 0 Å². The summed E-state index contributed by atoms with van der Waals surface area (Å²) in [6.45, 7) is 0.883. The molecule has 1 aliphatic rings. The number of hydrogen-bond acceptors (Lipinski definition) is 1. The first-order valence-electron chi connectivity index (χ1n) is 6.71. The van der Waals surface area contributed by atoms with Gasteiger partial charge in [-0.05, 0) is 36.6 Å². The summed E-state index contributed by atoms with van der Waals surface area (Å²) in [7, 11) is 1.97. The highest BCUT2D eigenvalue weighted by Crippen LogP contribution is 2.23. The lowest BCUT2D eigenvalue weighted by Gasteiger charge is -2.10. The van der Waals surface area contributed by atoms with E-state index in [4.69, 9.17) is 0 Å². The zero-order valence-corrected chi connectivity index (χ0v) is 10.7. The van der Waals surface area contributed by atoms with Crippen molar-refractivity contribution < 1.29 is 4.39 Å². The van der Waals surface area contributed by atoms with Crippen molar-refractivity contribution in [2.75, 3.05) is 0 Å². The topological polar surface area (TPSA) is 17.0 Å². The van der Waals surface area contributed by atoms with E-state index in [1.807, 2.05) is 17.7 Å². The van der Waals surface area contributed by atoms with Crippen LogP contribution < -0.4 is 5.32 Å². The second-order valence-corrected chi connectivity index (χ2v) is 5.29. The van der Waals surface area contributed by atoms with Crippen molar-refractivity contribution in [3.05, 3.63) is 35.8 Å². The number of benzene rings is 1. The minimum atomic E-state index is -0.168. The molecule has 1 saturated carbocycles. The fraction of sp³-hybridized carbons (Fsp3) is 0.467. The summed E-state index contributed by atoms with van der Waals surface area (Å²) in [6, 6.07) is 5.70. The van der Waals surface area contributed by atoms with Gasteiger partial charge in [0.25, 0.3) is 0 Å². The molecular weight excluding hydrogens is 227 g/mol. The van der Waals surface area contributed by atoms with Crippen LogP contribution in [0.1, 0.15) is 31.2 Å². The summed E-state index contributed by atoms with van der Waals surface area (Å²) in [4.78, 5) is 0. The van der Waals surface area contributed by atoms with Gasteiger partial charge in [0.05, 0.1) is 5.52 Å². The first kappa shape index (κ1) is 11.7. The van der Waals surface area contributed by atoms with E-state index in [-0.39, 0.29) is 5.82 Å². The summed E-state index contributed by atoms with van der Waals surface area (Å²) in [5, 5.41) is 4.77. The molecular formula is C15H19FN2. The number of aryl methyl sites for hydroxylation is 1. The maximum absolute atomic E-state index is 13.2. The predicted octanol–water partition coefficient (Wildman–Crippen LogP) is 3.35. The molecule has 2 nitrogen and oxygen atoms in total. The largest absolute Gasteiger partial charge is 0.350 e. The monoisotopic (exact) mass is 246 g/mol. The van der Waals surface area contributed by atoms with E-state index in [1.165, 1.54) is 31.2 Å². The fourth-order valence-corrected chi connectivity index (χ4v) is 2.97. The summed E-state index contributed by atoms with van der Waals surface area (Å²) in [6.07, 6.45) is 7.38. The van der Waals surface area contributed by atoms with Crippen LogP contribution >= 0.6 is 0 Å². The number of nitrogens with zero attached hydrogens (tertiary/aromatic N) is 1. The Balaban J connectivity index is 1.83. The van der Waals surface area contributed by atoms with Crippen LogP contribution in [0.25, 0.3) is 10.9 Å². The second-order valence-electron chi connectivity index (χ2n) is 5.29. The minimum absolute atomic E-state index is 0.168. The molecule has 0 saturated heterocycles. The van der Waals surface area contributed by atoms with E-state index in [0.29, 0.717) is 6.04 Å². The molecule has 18 heavy (non-hydrogen) atoms. The summed E-state index contributed by atoms with van der Waals surface area (Å²) in [5.74, 6) is -0.168. The van der Waals surface area contributed by atoms with Gasteiger partial charge in [-0.25, -0.2) is 4.39 Å². The van der Waals surface area contributed by atoms with Crippen LogP contribution in [-0.2, 0) is 13.6 Å². The van der Waals surface area contributed by atoms with Gasteiger partial charge in [-0.3, -0.25) is 0 Å². The molecule has 1 N–H and O–H groups in total. The zero-order chi connectivity index (χ0) is 12.5. The van der Waals surface area contributed by atoms with Crippen molar-refractivity contribution in [2.45, 2.75) is 38.3 Å². The molecule has 0 aliphatic heterocycles. The van der Waals surface area contributed by atoms with Crippen molar-refractivity contribution in [1.82, 2.24) is 9.88 Å². The van der Waals surface area contributed by atoms with Crippen LogP contribution in [-0.4, -0.2) is 10.6 Å². The molecule has 0 radical (unpaired) electrons. The standard InChI is InChI=1S/C15H19FN2/c1-18-10-11(9-17-13-4-2-3-5-13)14-7-6-12(16)8-15(14)18/h6-8,10,13,17H,2-5,9H2,1H3. The molecule has 96 valence electrons. The molecule has 0 atom stereocenters. The molecule has 3 rings (SSSR count). The highest BCUT2D eigenvalue weighted by Gasteiger charge is 2.15. The van der Waals surface area contributed by atoms with Gasteiger partial charge in [-0.2, -0.15) is 0 Å². The van der Waals surface area contributed by atoms with Gasteiger partial charge in [-0.1, -0.05) is 12.8 Å². The molecule has 1 fully saturated rings. The van der Waals surface area contributed by atoms with Gasteiger partial charge in [0, 0.05) is 31.2 Å². The van der Waals surface area contributed by atoms with Crippen molar-refractivity contribution in [1.29, 1.82) is 0 Å². The Labute approximate surface area is 107 Å². The lowest BCUT2D eigenvalue weighted by molar-refractivity contribution is 0.525. The van der Waals surface area contributed by atoms with Gasteiger partial charge in [0.1, 0.15) is 5.82 Å². The fourth-order valence-electron chi connectivity index (χ4n) is 2.97. The molecule has 0 unspecified atom stereocenters. The lowest BCUT2D eigenvalue weighted by Crippen LogP contribution is -2.25. The quantitative estimate of drug-likeness (QED) is 0.878. The Kier molecular flexibility index (Phi) is 3.08. The summed E-state index contributed by atoms with van der Waals surface area (Å²) >= 11 is 0. The van der Waals surface area contributed by atoms with E-state index < -0.39 is 0 Å². The molecule has 1 aromatic carbocycles. The van der Waals surface area contributed by atoms with E-state index in [9.17, 15) is 4.39 Å². The van der Waals surface area contributed by atoms with Gasteiger partial charge in [0.2, 0.25) is 0 Å². The maximum Gasteiger partial charge on any atom is 0.125 e. The Morgan fingerprint density at radius 2 is 2.11 bits per heavy atom. The van der Waals surface area contributed by atoms with Crippen LogP contribution in [0.3, 0.4) is 0 Å².